The third-order valence-corrected chi connectivity index (χ3v) is 4.41. The smallest absolute Gasteiger partial charge is 0.267 e. The van der Waals surface area contributed by atoms with E-state index in [0.717, 1.165) is 5.69 Å². The van der Waals surface area contributed by atoms with Gasteiger partial charge < -0.3 is 5.43 Å². The zero-order valence-corrected chi connectivity index (χ0v) is 11.0. The van der Waals surface area contributed by atoms with Crippen molar-refractivity contribution < 1.29 is 8.42 Å². The number of nitrogens with zero attached hydrogens (tertiary/aromatic N) is 2. The SMILES string of the molecule is Cc1csc(NS(=O)(=O)c2cccnc2NN)n1. The highest BCUT2D eigenvalue weighted by Gasteiger charge is 2.20. The summed E-state index contributed by atoms with van der Waals surface area (Å²) < 4.78 is 26.6. The minimum Gasteiger partial charge on any atom is -0.307 e. The number of aryl methyl sites for hydroxylation is 1. The molecule has 9 heteroatoms. The molecule has 7 nitrogen and oxygen atoms in total. The highest BCUT2D eigenvalue weighted by Crippen LogP contribution is 2.22. The molecule has 0 spiro atoms. The molecule has 0 amide bonds. The lowest BCUT2D eigenvalue weighted by Gasteiger charge is -2.08. The van der Waals surface area contributed by atoms with Gasteiger partial charge in [0.25, 0.3) is 10.0 Å². The van der Waals surface area contributed by atoms with Crippen LogP contribution in [0.2, 0.25) is 0 Å². The van der Waals surface area contributed by atoms with Crippen molar-refractivity contribution in [1.82, 2.24) is 9.97 Å². The summed E-state index contributed by atoms with van der Waals surface area (Å²) in [6, 6.07) is 2.92. The quantitative estimate of drug-likeness (QED) is 0.569. The molecule has 2 aromatic heterocycles. The number of nitrogens with two attached hydrogens (primary N) is 1. The Morgan fingerprint density at radius 2 is 2.22 bits per heavy atom. The fourth-order valence-corrected chi connectivity index (χ4v) is 3.35. The molecule has 18 heavy (non-hydrogen) atoms. The molecule has 0 saturated heterocycles. The molecule has 0 fully saturated rings. The van der Waals surface area contributed by atoms with Crippen molar-refractivity contribution in [2.75, 3.05) is 10.1 Å². The van der Waals surface area contributed by atoms with E-state index in [1.54, 1.807) is 12.3 Å². The van der Waals surface area contributed by atoms with E-state index in [1.165, 1.54) is 29.7 Å². The van der Waals surface area contributed by atoms with Gasteiger partial charge in [0.15, 0.2) is 10.9 Å². The average Bonchev–Trinajstić information content (AvgIpc) is 2.74. The lowest BCUT2D eigenvalue weighted by Crippen LogP contribution is -2.18. The van der Waals surface area contributed by atoms with Crippen molar-refractivity contribution in [3.8, 4) is 0 Å². The maximum absolute atomic E-state index is 12.1. The van der Waals surface area contributed by atoms with Gasteiger partial charge in [-0.05, 0) is 19.1 Å². The molecule has 0 aliphatic carbocycles. The third kappa shape index (κ3) is 2.58. The predicted octanol–water partition coefficient (Wildman–Crippen LogP) is 0.933. The minimum atomic E-state index is -3.75. The molecule has 4 N–H and O–H groups in total. The van der Waals surface area contributed by atoms with Crippen molar-refractivity contribution >= 4 is 32.3 Å². The summed E-state index contributed by atoms with van der Waals surface area (Å²) >= 11 is 1.21. The minimum absolute atomic E-state index is 0.0275. The van der Waals surface area contributed by atoms with Crippen LogP contribution < -0.4 is 16.0 Å². The molecule has 0 aromatic carbocycles. The predicted molar refractivity (Wildman–Crippen MR) is 69.7 cm³/mol. The maximum atomic E-state index is 12.1. The van der Waals surface area contributed by atoms with Crippen molar-refractivity contribution in [1.29, 1.82) is 0 Å². The van der Waals surface area contributed by atoms with Crippen LogP contribution in [0, 0.1) is 6.92 Å². The van der Waals surface area contributed by atoms with Crippen LogP contribution in [0.1, 0.15) is 5.69 Å². The topological polar surface area (TPSA) is 110 Å². The monoisotopic (exact) mass is 285 g/mol. The van der Waals surface area contributed by atoms with Crippen molar-refractivity contribution in [3.05, 3.63) is 29.4 Å². The van der Waals surface area contributed by atoms with Crippen LogP contribution in [-0.4, -0.2) is 18.4 Å². The molecular weight excluding hydrogens is 274 g/mol. The Morgan fingerprint density at radius 1 is 1.44 bits per heavy atom. The molecule has 0 radical (unpaired) electrons. The Bertz CT molecular complexity index is 652. The number of anilines is 2. The first kappa shape index (κ1) is 12.7. The second kappa shape index (κ2) is 4.88. The number of hydrogen-bond donors (Lipinski definition) is 3. The highest BCUT2D eigenvalue weighted by atomic mass is 32.2. The normalized spacial score (nSPS) is 11.2. The fourth-order valence-electron chi connectivity index (χ4n) is 1.29. The van der Waals surface area contributed by atoms with Gasteiger partial charge in [0, 0.05) is 11.6 Å². The number of hydrazine groups is 1. The van der Waals surface area contributed by atoms with Gasteiger partial charge in [-0.1, -0.05) is 0 Å². The second-order valence-electron chi connectivity index (χ2n) is 3.39. The van der Waals surface area contributed by atoms with Crippen molar-refractivity contribution in [2.24, 2.45) is 5.84 Å². The first-order valence-electron chi connectivity index (χ1n) is 4.89. The Morgan fingerprint density at radius 3 is 2.83 bits per heavy atom. The number of nitrogen functional groups attached to an aromatic ring is 1. The van der Waals surface area contributed by atoms with Gasteiger partial charge >= 0.3 is 0 Å². The van der Waals surface area contributed by atoms with Gasteiger partial charge in [0.1, 0.15) is 4.90 Å². The Balaban J connectivity index is 2.36. The zero-order chi connectivity index (χ0) is 13.2. The molecule has 2 aromatic rings. The number of sulfonamides is 1. The van der Waals surface area contributed by atoms with E-state index < -0.39 is 10.0 Å². The van der Waals surface area contributed by atoms with Crippen LogP contribution in [0.3, 0.4) is 0 Å². The number of nitrogens with one attached hydrogen (secondary N) is 2. The van der Waals surface area contributed by atoms with E-state index in [1.807, 2.05) is 0 Å². The van der Waals surface area contributed by atoms with Gasteiger partial charge in [-0.25, -0.2) is 24.2 Å². The second-order valence-corrected chi connectivity index (χ2v) is 5.90. The molecule has 2 heterocycles. The van der Waals surface area contributed by atoms with Crippen molar-refractivity contribution in [3.63, 3.8) is 0 Å². The number of hydrogen-bond acceptors (Lipinski definition) is 7. The van der Waals surface area contributed by atoms with E-state index in [9.17, 15) is 8.42 Å². The van der Waals surface area contributed by atoms with Crippen LogP contribution in [0.15, 0.2) is 28.6 Å². The molecule has 0 aliphatic heterocycles. The van der Waals surface area contributed by atoms with Gasteiger partial charge in [-0.15, -0.1) is 11.3 Å². The summed E-state index contributed by atoms with van der Waals surface area (Å²) in [6.07, 6.45) is 1.45. The fraction of sp³-hybridized carbons (Fsp3) is 0.111. The standard InChI is InChI=1S/C9H11N5O2S2/c1-6-5-17-9(12-6)14-18(15,16)7-3-2-4-11-8(7)13-10/h2-5H,10H2,1H3,(H,11,13)(H,12,14). The molecule has 0 unspecified atom stereocenters. The van der Waals surface area contributed by atoms with E-state index in [0.29, 0.717) is 5.13 Å². The van der Waals surface area contributed by atoms with Gasteiger partial charge in [0.2, 0.25) is 0 Å². The molecule has 0 aliphatic rings. The van der Waals surface area contributed by atoms with Gasteiger partial charge in [0.05, 0.1) is 5.69 Å². The molecule has 0 atom stereocenters. The lowest BCUT2D eigenvalue weighted by molar-refractivity contribution is 0.601. The molecule has 2 rings (SSSR count). The van der Waals surface area contributed by atoms with Crippen LogP contribution in [0.4, 0.5) is 10.9 Å². The molecular formula is C9H11N5O2S2. The Labute approximate surface area is 108 Å². The number of aromatic nitrogens is 2. The van der Waals surface area contributed by atoms with Crippen LogP contribution >= 0.6 is 11.3 Å². The summed E-state index contributed by atoms with van der Waals surface area (Å²) in [5.41, 5.74) is 3.00. The van der Waals surface area contributed by atoms with Crippen LogP contribution in [-0.2, 0) is 10.0 Å². The average molecular weight is 285 g/mol. The number of rotatable bonds is 4. The van der Waals surface area contributed by atoms with E-state index >= 15 is 0 Å². The summed E-state index contributed by atoms with van der Waals surface area (Å²) in [4.78, 5) is 7.84. The summed E-state index contributed by atoms with van der Waals surface area (Å²) in [5.74, 6) is 5.31. The van der Waals surface area contributed by atoms with Crippen LogP contribution in [0.5, 0.6) is 0 Å². The van der Waals surface area contributed by atoms with Crippen molar-refractivity contribution in [2.45, 2.75) is 11.8 Å². The van der Waals surface area contributed by atoms with Crippen LogP contribution in [0.25, 0.3) is 0 Å². The summed E-state index contributed by atoms with van der Waals surface area (Å²) in [6.45, 7) is 1.78. The molecule has 96 valence electrons. The Hall–Kier alpha value is -1.71. The molecule has 0 bridgehead atoms. The zero-order valence-electron chi connectivity index (χ0n) is 9.41. The first-order valence-corrected chi connectivity index (χ1v) is 7.26. The number of thiazole rings is 1. The summed E-state index contributed by atoms with van der Waals surface area (Å²) in [7, 11) is -3.75. The highest BCUT2D eigenvalue weighted by molar-refractivity contribution is 7.93. The largest absolute Gasteiger partial charge is 0.307 e. The summed E-state index contributed by atoms with van der Waals surface area (Å²) in [5, 5.41) is 2.06. The van der Waals surface area contributed by atoms with E-state index in [-0.39, 0.29) is 10.7 Å². The molecule has 0 saturated carbocycles. The van der Waals surface area contributed by atoms with E-state index in [4.69, 9.17) is 5.84 Å². The first-order chi connectivity index (χ1) is 8.53. The van der Waals surface area contributed by atoms with Gasteiger partial charge in [-0.3, -0.25) is 4.72 Å². The maximum Gasteiger partial charge on any atom is 0.267 e. The van der Waals surface area contributed by atoms with E-state index in [2.05, 4.69) is 20.1 Å². The number of pyridine rings is 1. The lowest BCUT2D eigenvalue weighted by atomic mass is 10.5. The Kier molecular flexibility index (Phi) is 3.45. The van der Waals surface area contributed by atoms with Gasteiger partial charge in [-0.2, -0.15) is 0 Å². The third-order valence-electron chi connectivity index (χ3n) is 2.04.